The average Bonchev–Trinajstić information content (AvgIpc) is 2.11. The molecule has 0 radical (unpaired) electrons. The van der Waals surface area contributed by atoms with Gasteiger partial charge in [-0.1, -0.05) is 6.58 Å². The predicted octanol–water partition coefficient (Wildman–Crippen LogP) is -0.649. The second-order valence-electron chi connectivity index (χ2n) is 2.46. The Morgan fingerprint density at radius 3 is 2.62 bits per heavy atom. The molecular formula is C8H14N2O3. The van der Waals surface area contributed by atoms with Crippen LogP contribution in [0, 0.1) is 0 Å². The molecule has 0 aromatic heterocycles. The third-order valence-corrected chi connectivity index (χ3v) is 1.56. The van der Waals surface area contributed by atoms with E-state index in [-0.39, 0.29) is 5.91 Å². The second-order valence-corrected chi connectivity index (χ2v) is 2.46. The van der Waals surface area contributed by atoms with Gasteiger partial charge in [-0.25, -0.2) is 0 Å². The van der Waals surface area contributed by atoms with Gasteiger partial charge in [0, 0.05) is 6.54 Å². The van der Waals surface area contributed by atoms with Crippen molar-refractivity contribution in [3.05, 3.63) is 12.7 Å². The van der Waals surface area contributed by atoms with Crippen molar-refractivity contribution in [3.8, 4) is 0 Å². The third-order valence-electron chi connectivity index (χ3n) is 1.56. The summed E-state index contributed by atoms with van der Waals surface area (Å²) in [6.07, 6.45) is 1.50. The van der Waals surface area contributed by atoms with E-state index in [2.05, 4.69) is 17.2 Å². The number of hydrogen-bond donors (Lipinski definition) is 3. The molecule has 0 spiro atoms. The lowest BCUT2D eigenvalue weighted by molar-refractivity contribution is -0.139. The van der Waals surface area contributed by atoms with Crippen molar-refractivity contribution in [2.24, 2.45) is 0 Å². The van der Waals surface area contributed by atoms with Crippen LogP contribution in [-0.4, -0.2) is 36.6 Å². The molecule has 1 atom stereocenters. The summed E-state index contributed by atoms with van der Waals surface area (Å²) in [5.74, 6) is -1.21. The number of hydrogen-bond acceptors (Lipinski definition) is 3. The van der Waals surface area contributed by atoms with E-state index >= 15 is 0 Å². The highest BCUT2D eigenvalue weighted by Gasteiger charge is 2.13. The normalized spacial score (nSPS) is 11.8. The second kappa shape index (κ2) is 6.19. The zero-order valence-electron chi connectivity index (χ0n) is 7.54. The third kappa shape index (κ3) is 4.97. The van der Waals surface area contributed by atoms with Crippen LogP contribution in [0.25, 0.3) is 0 Å². The Hall–Kier alpha value is -1.36. The molecule has 0 rings (SSSR count). The number of amides is 1. The van der Waals surface area contributed by atoms with Crippen molar-refractivity contribution in [1.29, 1.82) is 0 Å². The van der Waals surface area contributed by atoms with Gasteiger partial charge in [0.25, 0.3) is 0 Å². The molecule has 1 amide bonds. The van der Waals surface area contributed by atoms with Crippen LogP contribution in [0.2, 0.25) is 0 Å². The smallest absolute Gasteiger partial charge is 0.320 e. The lowest BCUT2D eigenvalue weighted by atomic mass is 10.2. The van der Waals surface area contributed by atoms with Crippen LogP contribution in [0.5, 0.6) is 0 Å². The summed E-state index contributed by atoms with van der Waals surface area (Å²) < 4.78 is 0. The lowest BCUT2D eigenvalue weighted by Gasteiger charge is -2.10. The van der Waals surface area contributed by atoms with E-state index in [0.29, 0.717) is 13.0 Å². The first-order valence-corrected chi connectivity index (χ1v) is 3.92. The first-order chi connectivity index (χ1) is 6.11. The molecule has 5 heteroatoms. The first-order valence-electron chi connectivity index (χ1n) is 3.92. The maximum atomic E-state index is 10.7. The molecule has 0 aliphatic carbocycles. The number of carboxylic acids is 1. The number of carboxylic acid groups (broad SMARTS) is 1. The molecule has 1 unspecified atom stereocenters. The zero-order chi connectivity index (χ0) is 10.3. The highest BCUT2D eigenvalue weighted by Crippen LogP contribution is 1.89. The fourth-order valence-corrected chi connectivity index (χ4v) is 0.803. The number of aliphatic carboxylic acids is 1. The number of carbonyl (C=O) groups is 2. The summed E-state index contributed by atoms with van der Waals surface area (Å²) >= 11 is 0. The van der Waals surface area contributed by atoms with Crippen molar-refractivity contribution >= 4 is 11.9 Å². The molecule has 0 aliphatic heterocycles. The Kier molecular flexibility index (Phi) is 5.54. The van der Waals surface area contributed by atoms with E-state index in [1.165, 1.54) is 0 Å². The Labute approximate surface area is 76.8 Å². The van der Waals surface area contributed by atoms with Crippen LogP contribution in [-0.2, 0) is 9.59 Å². The summed E-state index contributed by atoms with van der Waals surface area (Å²) in [5, 5.41) is 13.7. The van der Waals surface area contributed by atoms with Crippen LogP contribution in [0.15, 0.2) is 12.7 Å². The Morgan fingerprint density at radius 1 is 1.62 bits per heavy atom. The molecule has 0 saturated carbocycles. The van der Waals surface area contributed by atoms with E-state index < -0.39 is 12.0 Å². The van der Waals surface area contributed by atoms with E-state index in [9.17, 15) is 9.59 Å². The van der Waals surface area contributed by atoms with Gasteiger partial charge >= 0.3 is 5.97 Å². The van der Waals surface area contributed by atoms with Crippen molar-refractivity contribution in [1.82, 2.24) is 10.6 Å². The Balaban J connectivity index is 3.67. The minimum Gasteiger partial charge on any atom is -0.480 e. The molecular weight excluding hydrogens is 172 g/mol. The lowest BCUT2D eigenvalue weighted by Crippen LogP contribution is -2.37. The van der Waals surface area contributed by atoms with Gasteiger partial charge in [0.1, 0.15) is 6.04 Å². The van der Waals surface area contributed by atoms with Gasteiger partial charge in [0.05, 0.1) is 0 Å². The summed E-state index contributed by atoms with van der Waals surface area (Å²) in [6.45, 7) is 3.59. The fraction of sp³-hybridized carbons (Fsp3) is 0.500. The zero-order valence-corrected chi connectivity index (χ0v) is 7.54. The highest BCUT2D eigenvalue weighted by atomic mass is 16.4. The standard InChI is InChI=1S/C8H14N2O3/c1-3-7(11)10-5-4-6(9-2)8(12)13/h3,6,9H,1,4-5H2,2H3,(H,10,11)(H,12,13). The SMILES string of the molecule is C=CC(=O)NCCC(NC)C(=O)O. The maximum absolute atomic E-state index is 10.7. The number of likely N-dealkylation sites (N-methyl/N-ethyl adjacent to an activating group) is 1. The van der Waals surface area contributed by atoms with Gasteiger partial charge in [-0.15, -0.1) is 0 Å². The summed E-state index contributed by atoms with van der Waals surface area (Å²) in [4.78, 5) is 21.1. The van der Waals surface area contributed by atoms with Gasteiger partial charge in [-0.05, 0) is 19.5 Å². The molecule has 0 fully saturated rings. The first kappa shape index (κ1) is 11.6. The fourth-order valence-electron chi connectivity index (χ4n) is 0.803. The van der Waals surface area contributed by atoms with Crippen molar-refractivity contribution in [2.75, 3.05) is 13.6 Å². The van der Waals surface area contributed by atoms with Crippen molar-refractivity contribution in [2.45, 2.75) is 12.5 Å². The highest BCUT2D eigenvalue weighted by molar-refractivity contribution is 5.86. The largest absolute Gasteiger partial charge is 0.480 e. The average molecular weight is 186 g/mol. The van der Waals surface area contributed by atoms with Crippen molar-refractivity contribution in [3.63, 3.8) is 0 Å². The van der Waals surface area contributed by atoms with Crippen LogP contribution >= 0.6 is 0 Å². The predicted molar refractivity (Wildman–Crippen MR) is 48.3 cm³/mol. The van der Waals surface area contributed by atoms with Crippen LogP contribution in [0.3, 0.4) is 0 Å². The molecule has 0 heterocycles. The molecule has 3 N–H and O–H groups in total. The van der Waals surface area contributed by atoms with Crippen LogP contribution < -0.4 is 10.6 Å². The van der Waals surface area contributed by atoms with Gasteiger partial charge in [0.2, 0.25) is 5.91 Å². The van der Waals surface area contributed by atoms with Crippen LogP contribution in [0.4, 0.5) is 0 Å². The number of nitrogens with one attached hydrogen (secondary N) is 2. The molecule has 74 valence electrons. The van der Waals surface area contributed by atoms with Gasteiger partial charge in [-0.2, -0.15) is 0 Å². The molecule has 0 aromatic carbocycles. The Morgan fingerprint density at radius 2 is 2.23 bits per heavy atom. The molecule has 0 saturated heterocycles. The van der Waals surface area contributed by atoms with Gasteiger partial charge in [-0.3, -0.25) is 9.59 Å². The molecule has 0 aliphatic rings. The summed E-state index contributed by atoms with van der Waals surface area (Å²) in [5.41, 5.74) is 0. The van der Waals surface area contributed by atoms with E-state index in [1.807, 2.05) is 0 Å². The summed E-state index contributed by atoms with van der Waals surface area (Å²) in [6, 6.07) is -0.620. The molecule has 13 heavy (non-hydrogen) atoms. The Bertz CT molecular complexity index is 204. The van der Waals surface area contributed by atoms with Gasteiger partial charge in [0.15, 0.2) is 0 Å². The summed E-state index contributed by atoms with van der Waals surface area (Å²) in [7, 11) is 1.56. The van der Waals surface area contributed by atoms with E-state index in [4.69, 9.17) is 5.11 Å². The number of rotatable bonds is 6. The van der Waals surface area contributed by atoms with E-state index in [0.717, 1.165) is 6.08 Å². The van der Waals surface area contributed by atoms with Gasteiger partial charge < -0.3 is 15.7 Å². The van der Waals surface area contributed by atoms with E-state index in [1.54, 1.807) is 7.05 Å². The quantitative estimate of drug-likeness (QED) is 0.482. The molecule has 0 aromatic rings. The number of carbonyl (C=O) groups excluding carboxylic acids is 1. The minimum atomic E-state index is -0.921. The molecule has 0 bridgehead atoms. The monoisotopic (exact) mass is 186 g/mol. The topological polar surface area (TPSA) is 78.4 Å². The van der Waals surface area contributed by atoms with Crippen LogP contribution in [0.1, 0.15) is 6.42 Å². The molecule has 5 nitrogen and oxygen atoms in total. The minimum absolute atomic E-state index is 0.291. The van der Waals surface area contributed by atoms with Crippen molar-refractivity contribution < 1.29 is 14.7 Å². The maximum Gasteiger partial charge on any atom is 0.320 e.